The van der Waals surface area contributed by atoms with E-state index in [1.165, 1.54) is 11.1 Å². The average molecular weight is 208 g/mol. The Balaban J connectivity index is 5.37. The van der Waals surface area contributed by atoms with Crippen molar-refractivity contribution in [2.24, 2.45) is 10.8 Å². The van der Waals surface area contributed by atoms with E-state index in [0.717, 1.165) is 6.42 Å². The van der Waals surface area contributed by atoms with Crippen LogP contribution in [0.3, 0.4) is 0 Å². The van der Waals surface area contributed by atoms with Crippen LogP contribution in [0.2, 0.25) is 0 Å². The van der Waals surface area contributed by atoms with Crippen LogP contribution in [0.25, 0.3) is 0 Å². The first kappa shape index (κ1) is 14.5. The lowest BCUT2D eigenvalue weighted by Gasteiger charge is -2.32. The fraction of sp³-hybridized carbons (Fsp3) is 0.733. The standard InChI is InChI=1S/C15H28/c1-11(2)10-13(15(7,8)9)12(3)14(4,5)6/h1,10H2,2-9H3/b13-12-. The van der Waals surface area contributed by atoms with Crippen molar-refractivity contribution in [1.29, 1.82) is 0 Å². The maximum Gasteiger partial charge on any atom is -0.0106 e. The maximum absolute atomic E-state index is 4.04. The number of rotatable bonds is 2. The van der Waals surface area contributed by atoms with Crippen molar-refractivity contribution in [2.75, 3.05) is 0 Å². The van der Waals surface area contributed by atoms with Crippen molar-refractivity contribution in [3.63, 3.8) is 0 Å². The van der Waals surface area contributed by atoms with E-state index in [4.69, 9.17) is 0 Å². The van der Waals surface area contributed by atoms with Gasteiger partial charge in [0.25, 0.3) is 0 Å². The summed E-state index contributed by atoms with van der Waals surface area (Å²) < 4.78 is 0. The van der Waals surface area contributed by atoms with E-state index in [1.54, 1.807) is 5.57 Å². The molecular formula is C15H28. The first-order chi connectivity index (χ1) is 6.46. The minimum Gasteiger partial charge on any atom is -0.0998 e. The molecule has 0 aliphatic heterocycles. The molecule has 0 bridgehead atoms. The molecule has 0 rings (SSSR count). The van der Waals surface area contributed by atoms with Crippen LogP contribution in [0.5, 0.6) is 0 Å². The summed E-state index contributed by atoms with van der Waals surface area (Å²) in [6.07, 6.45) is 1.03. The van der Waals surface area contributed by atoms with Gasteiger partial charge in [-0.3, -0.25) is 0 Å². The predicted octanol–water partition coefficient (Wildman–Crippen LogP) is 5.36. The molecule has 0 aromatic heterocycles. The largest absolute Gasteiger partial charge is 0.0998 e. The number of hydrogen-bond acceptors (Lipinski definition) is 0. The third-order valence-corrected chi connectivity index (χ3v) is 2.96. The fourth-order valence-electron chi connectivity index (χ4n) is 1.71. The smallest absolute Gasteiger partial charge is 0.0106 e. The molecule has 88 valence electrons. The van der Waals surface area contributed by atoms with Crippen LogP contribution in [0.15, 0.2) is 23.3 Å². The van der Waals surface area contributed by atoms with Crippen molar-refractivity contribution in [3.05, 3.63) is 23.3 Å². The maximum atomic E-state index is 4.04. The lowest BCUT2D eigenvalue weighted by atomic mass is 9.74. The molecule has 0 amide bonds. The van der Waals surface area contributed by atoms with Crippen LogP contribution in [-0.4, -0.2) is 0 Å². The molecule has 0 aromatic carbocycles. The second-order valence-corrected chi connectivity index (χ2v) is 6.74. The van der Waals surface area contributed by atoms with E-state index >= 15 is 0 Å². The van der Waals surface area contributed by atoms with Crippen molar-refractivity contribution >= 4 is 0 Å². The van der Waals surface area contributed by atoms with Gasteiger partial charge < -0.3 is 0 Å². The van der Waals surface area contributed by atoms with Gasteiger partial charge in [-0.05, 0) is 31.1 Å². The lowest BCUT2D eigenvalue weighted by Crippen LogP contribution is -2.18. The first-order valence-corrected chi connectivity index (χ1v) is 5.81. The predicted molar refractivity (Wildman–Crippen MR) is 71.0 cm³/mol. The molecule has 0 aliphatic carbocycles. The lowest BCUT2D eigenvalue weighted by molar-refractivity contribution is 0.436. The molecule has 0 saturated heterocycles. The van der Waals surface area contributed by atoms with E-state index in [2.05, 4.69) is 62.0 Å². The molecule has 0 heterocycles. The van der Waals surface area contributed by atoms with E-state index < -0.39 is 0 Å². The molecule has 0 fully saturated rings. The molecule has 0 N–H and O–H groups in total. The Kier molecular flexibility index (Phi) is 4.39. The Morgan fingerprint density at radius 1 is 0.867 bits per heavy atom. The SMILES string of the molecule is C=C(C)C/C(=C(\C)C(C)(C)C)C(C)(C)C. The highest BCUT2D eigenvalue weighted by Gasteiger charge is 2.24. The average Bonchev–Trinajstić information content (AvgIpc) is 1.94. The Hall–Kier alpha value is -0.520. The minimum absolute atomic E-state index is 0.246. The Labute approximate surface area is 96.5 Å². The van der Waals surface area contributed by atoms with Crippen molar-refractivity contribution in [2.45, 2.75) is 61.8 Å². The Bertz CT molecular complexity index is 263. The fourth-order valence-corrected chi connectivity index (χ4v) is 1.71. The summed E-state index contributed by atoms with van der Waals surface area (Å²) in [4.78, 5) is 0. The van der Waals surface area contributed by atoms with Gasteiger partial charge in [-0.15, -0.1) is 0 Å². The topological polar surface area (TPSA) is 0 Å². The van der Waals surface area contributed by atoms with Gasteiger partial charge in [-0.25, -0.2) is 0 Å². The molecule has 0 atom stereocenters. The van der Waals surface area contributed by atoms with Gasteiger partial charge in [0.15, 0.2) is 0 Å². The number of allylic oxidation sites excluding steroid dienone is 3. The van der Waals surface area contributed by atoms with Crippen LogP contribution in [0.1, 0.15) is 61.8 Å². The molecule has 0 nitrogen and oxygen atoms in total. The molecule has 0 unspecified atom stereocenters. The van der Waals surface area contributed by atoms with E-state index in [0.29, 0.717) is 0 Å². The highest BCUT2D eigenvalue weighted by molar-refractivity contribution is 5.26. The second-order valence-electron chi connectivity index (χ2n) is 6.74. The molecule has 0 aliphatic rings. The van der Waals surface area contributed by atoms with Gasteiger partial charge in [0.2, 0.25) is 0 Å². The molecule has 0 heteroatoms. The van der Waals surface area contributed by atoms with Gasteiger partial charge in [0, 0.05) is 0 Å². The summed E-state index contributed by atoms with van der Waals surface area (Å²) in [5.74, 6) is 0. The van der Waals surface area contributed by atoms with Crippen molar-refractivity contribution < 1.29 is 0 Å². The normalized spacial score (nSPS) is 14.9. The first-order valence-electron chi connectivity index (χ1n) is 5.81. The van der Waals surface area contributed by atoms with Gasteiger partial charge >= 0.3 is 0 Å². The Morgan fingerprint density at radius 3 is 1.47 bits per heavy atom. The van der Waals surface area contributed by atoms with Gasteiger partial charge in [-0.1, -0.05) is 64.8 Å². The summed E-state index contributed by atoms with van der Waals surface area (Å²) >= 11 is 0. The zero-order chi connectivity index (χ0) is 12.4. The molecule has 0 radical (unpaired) electrons. The molecule has 0 aromatic rings. The third-order valence-electron chi connectivity index (χ3n) is 2.96. The summed E-state index contributed by atoms with van der Waals surface area (Å²) in [6.45, 7) is 22.1. The summed E-state index contributed by atoms with van der Waals surface area (Å²) in [5.41, 5.74) is 4.82. The van der Waals surface area contributed by atoms with Gasteiger partial charge in [-0.2, -0.15) is 0 Å². The van der Waals surface area contributed by atoms with E-state index in [9.17, 15) is 0 Å². The molecular weight excluding hydrogens is 180 g/mol. The second kappa shape index (κ2) is 4.55. The van der Waals surface area contributed by atoms with Crippen LogP contribution in [0.4, 0.5) is 0 Å². The summed E-state index contributed by atoms with van der Waals surface area (Å²) in [6, 6.07) is 0. The van der Waals surface area contributed by atoms with Crippen LogP contribution in [0, 0.1) is 10.8 Å². The van der Waals surface area contributed by atoms with E-state index in [1.807, 2.05) is 0 Å². The van der Waals surface area contributed by atoms with Crippen LogP contribution < -0.4 is 0 Å². The van der Waals surface area contributed by atoms with Gasteiger partial charge in [0.1, 0.15) is 0 Å². The molecule has 0 saturated carbocycles. The number of hydrogen-bond donors (Lipinski definition) is 0. The molecule has 0 spiro atoms. The zero-order valence-electron chi connectivity index (χ0n) is 11.9. The summed E-state index contributed by atoms with van der Waals surface area (Å²) in [5, 5.41) is 0. The van der Waals surface area contributed by atoms with E-state index in [-0.39, 0.29) is 10.8 Å². The summed E-state index contributed by atoms with van der Waals surface area (Å²) in [7, 11) is 0. The van der Waals surface area contributed by atoms with Crippen LogP contribution >= 0.6 is 0 Å². The highest BCUT2D eigenvalue weighted by Crippen LogP contribution is 2.38. The zero-order valence-corrected chi connectivity index (χ0v) is 11.9. The minimum atomic E-state index is 0.246. The van der Waals surface area contributed by atoms with Crippen molar-refractivity contribution in [1.82, 2.24) is 0 Å². The third kappa shape index (κ3) is 4.68. The Morgan fingerprint density at radius 2 is 1.27 bits per heavy atom. The quantitative estimate of drug-likeness (QED) is 0.536. The van der Waals surface area contributed by atoms with Crippen molar-refractivity contribution in [3.8, 4) is 0 Å². The highest BCUT2D eigenvalue weighted by atomic mass is 14.3. The monoisotopic (exact) mass is 208 g/mol. The molecule has 15 heavy (non-hydrogen) atoms. The van der Waals surface area contributed by atoms with Gasteiger partial charge in [0.05, 0.1) is 0 Å². The van der Waals surface area contributed by atoms with Crippen LogP contribution in [-0.2, 0) is 0 Å².